The quantitative estimate of drug-likeness (QED) is 0.646. The van der Waals surface area contributed by atoms with E-state index < -0.39 is 0 Å². The minimum atomic E-state index is 0.158. The van der Waals surface area contributed by atoms with Crippen molar-refractivity contribution in [3.63, 3.8) is 0 Å². The number of piperidine rings is 1. The number of nitrogens with zero attached hydrogens (tertiary/aromatic N) is 1. The molecule has 0 N–H and O–H groups in total. The number of carbonyl (C=O) groups excluding carboxylic acids is 1. The van der Waals surface area contributed by atoms with E-state index in [0.717, 1.165) is 22.3 Å². The number of rotatable bonds is 2. The molecular formula is C24H31NO. The van der Waals surface area contributed by atoms with E-state index in [4.69, 9.17) is 0 Å². The molecule has 3 rings (SSSR count). The van der Waals surface area contributed by atoms with Gasteiger partial charge in [-0.15, -0.1) is 0 Å². The molecule has 1 saturated heterocycles. The lowest BCUT2D eigenvalue weighted by molar-refractivity contribution is -0.113. The van der Waals surface area contributed by atoms with Crippen molar-refractivity contribution in [3.8, 4) is 0 Å². The van der Waals surface area contributed by atoms with Gasteiger partial charge in [0.1, 0.15) is 0 Å². The van der Waals surface area contributed by atoms with Crippen LogP contribution in [0, 0.1) is 0 Å². The third-order valence-corrected chi connectivity index (χ3v) is 3.74. The van der Waals surface area contributed by atoms with Gasteiger partial charge in [0.25, 0.3) is 0 Å². The summed E-state index contributed by atoms with van der Waals surface area (Å²) in [5, 5.41) is 0. The summed E-state index contributed by atoms with van der Waals surface area (Å²) in [4.78, 5) is 14.9. The van der Waals surface area contributed by atoms with Crippen LogP contribution in [-0.2, 0) is 4.79 Å². The smallest absolute Gasteiger partial charge is 0.187 e. The number of benzene rings is 2. The van der Waals surface area contributed by atoms with Crippen molar-refractivity contribution >= 4 is 17.9 Å². The lowest BCUT2D eigenvalue weighted by Gasteiger charge is -2.26. The van der Waals surface area contributed by atoms with Gasteiger partial charge in [-0.3, -0.25) is 9.69 Å². The number of Topliss-reactive ketones (excluding diaryl/α,β-unsaturated/α-hetero) is 1. The number of likely N-dealkylation sites (N-methyl/N-ethyl adjacent to an activating group) is 1. The Labute approximate surface area is 158 Å². The van der Waals surface area contributed by atoms with Crippen LogP contribution < -0.4 is 0 Å². The predicted octanol–water partition coefficient (Wildman–Crippen LogP) is 5.72. The van der Waals surface area contributed by atoms with Gasteiger partial charge in [-0.1, -0.05) is 88.4 Å². The van der Waals surface area contributed by atoms with Gasteiger partial charge < -0.3 is 0 Å². The van der Waals surface area contributed by atoms with Gasteiger partial charge in [0.15, 0.2) is 5.78 Å². The molecule has 0 bridgehead atoms. The van der Waals surface area contributed by atoms with Gasteiger partial charge in [0, 0.05) is 24.2 Å². The first-order chi connectivity index (χ1) is 12.7. The van der Waals surface area contributed by atoms with Crippen LogP contribution in [0.5, 0.6) is 0 Å². The maximum absolute atomic E-state index is 12.7. The number of hydrogen-bond acceptors (Lipinski definition) is 2. The Kier molecular flexibility index (Phi) is 9.96. The lowest BCUT2D eigenvalue weighted by atomic mass is 9.94. The first kappa shape index (κ1) is 21.6. The molecule has 0 aliphatic carbocycles. The van der Waals surface area contributed by atoms with E-state index in [9.17, 15) is 4.79 Å². The monoisotopic (exact) mass is 349 g/mol. The van der Waals surface area contributed by atoms with Crippen LogP contribution in [0.2, 0.25) is 0 Å². The highest BCUT2D eigenvalue weighted by atomic mass is 16.1. The first-order valence-corrected chi connectivity index (χ1v) is 9.47. The molecule has 2 aromatic rings. The fourth-order valence-electron chi connectivity index (χ4n) is 2.71. The Bertz CT molecular complexity index is 653. The first-order valence-electron chi connectivity index (χ1n) is 9.47. The molecule has 0 unspecified atom stereocenters. The molecule has 1 aliphatic rings. The van der Waals surface area contributed by atoms with Crippen molar-refractivity contribution in [3.05, 3.63) is 82.9 Å². The normalized spacial score (nSPS) is 17.2. The van der Waals surface area contributed by atoms with Gasteiger partial charge in [-0.2, -0.15) is 0 Å². The molecule has 26 heavy (non-hydrogen) atoms. The molecule has 0 spiro atoms. The highest BCUT2D eigenvalue weighted by Gasteiger charge is 2.23. The average molecular weight is 350 g/mol. The predicted molar refractivity (Wildman–Crippen MR) is 114 cm³/mol. The molecule has 0 amide bonds. The molecule has 0 saturated carbocycles. The van der Waals surface area contributed by atoms with Crippen molar-refractivity contribution in [2.45, 2.75) is 27.7 Å². The third-order valence-electron chi connectivity index (χ3n) is 3.74. The Balaban J connectivity index is 0.000000791. The van der Waals surface area contributed by atoms with Crippen LogP contribution >= 0.6 is 0 Å². The fraction of sp³-hybridized carbons (Fsp3) is 0.292. The topological polar surface area (TPSA) is 20.3 Å². The summed E-state index contributed by atoms with van der Waals surface area (Å²) in [6, 6.07) is 20.0. The molecule has 0 radical (unpaired) electrons. The van der Waals surface area contributed by atoms with Crippen LogP contribution in [0.15, 0.2) is 71.8 Å². The van der Waals surface area contributed by atoms with E-state index in [2.05, 4.69) is 4.90 Å². The van der Waals surface area contributed by atoms with E-state index in [1.54, 1.807) is 0 Å². The molecule has 0 aromatic heterocycles. The van der Waals surface area contributed by atoms with E-state index in [-0.39, 0.29) is 5.78 Å². The van der Waals surface area contributed by atoms with Gasteiger partial charge in [0.2, 0.25) is 0 Å². The summed E-state index contributed by atoms with van der Waals surface area (Å²) in [6.07, 6.45) is 3.99. The van der Waals surface area contributed by atoms with E-state index >= 15 is 0 Å². The molecule has 2 nitrogen and oxygen atoms in total. The number of ketones is 1. The van der Waals surface area contributed by atoms with Gasteiger partial charge >= 0.3 is 0 Å². The molecule has 138 valence electrons. The van der Waals surface area contributed by atoms with Crippen molar-refractivity contribution < 1.29 is 4.79 Å². The Morgan fingerprint density at radius 2 is 1.04 bits per heavy atom. The summed E-state index contributed by atoms with van der Waals surface area (Å²) >= 11 is 0. The summed E-state index contributed by atoms with van der Waals surface area (Å²) in [5.41, 5.74) is 3.84. The van der Waals surface area contributed by atoms with Crippen molar-refractivity contribution in [1.29, 1.82) is 0 Å². The highest BCUT2D eigenvalue weighted by molar-refractivity contribution is 6.14. The maximum atomic E-state index is 12.7. The molecule has 2 heteroatoms. The van der Waals surface area contributed by atoms with Crippen molar-refractivity contribution in [2.24, 2.45) is 0 Å². The molecule has 2 aromatic carbocycles. The van der Waals surface area contributed by atoms with E-state index in [1.165, 1.54) is 0 Å². The van der Waals surface area contributed by atoms with Crippen molar-refractivity contribution in [2.75, 3.05) is 20.1 Å². The van der Waals surface area contributed by atoms with Crippen molar-refractivity contribution in [1.82, 2.24) is 4.90 Å². The van der Waals surface area contributed by atoms with Crippen LogP contribution in [0.1, 0.15) is 38.8 Å². The zero-order chi connectivity index (χ0) is 19.4. The number of hydrogen-bond donors (Lipinski definition) is 0. The molecule has 1 heterocycles. The Morgan fingerprint density at radius 1 is 0.692 bits per heavy atom. The SMILES string of the molecule is CC.CC.CN1C/C(=C\c2ccccc2)C(=O)/C(=C/c2ccccc2)C1. The zero-order valence-corrected chi connectivity index (χ0v) is 16.7. The summed E-state index contributed by atoms with van der Waals surface area (Å²) in [6.45, 7) is 9.39. The van der Waals surface area contributed by atoms with Crippen LogP contribution in [0.4, 0.5) is 0 Å². The second-order valence-electron chi connectivity index (χ2n) is 5.66. The summed E-state index contributed by atoms with van der Waals surface area (Å²) in [7, 11) is 2.05. The lowest BCUT2D eigenvalue weighted by Crippen LogP contribution is -2.34. The van der Waals surface area contributed by atoms with E-state index in [1.807, 2.05) is 108 Å². The number of likely N-dealkylation sites (tertiary alicyclic amines) is 1. The van der Waals surface area contributed by atoms with E-state index in [0.29, 0.717) is 13.1 Å². The fourth-order valence-corrected chi connectivity index (χ4v) is 2.71. The van der Waals surface area contributed by atoms with Crippen LogP contribution in [-0.4, -0.2) is 30.8 Å². The maximum Gasteiger partial charge on any atom is 0.187 e. The van der Waals surface area contributed by atoms with Gasteiger partial charge in [0.05, 0.1) is 0 Å². The largest absolute Gasteiger partial charge is 0.298 e. The Hall–Kier alpha value is -2.45. The summed E-state index contributed by atoms with van der Waals surface area (Å²) < 4.78 is 0. The van der Waals surface area contributed by atoms with Gasteiger partial charge in [-0.25, -0.2) is 0 Å². The Morgan fingerprint density at radius 3 is 1.38 bits per heavy atom. The molecule has 1 aliphatic heterocycles. The minimum Gasteiger partial charge on any atom is -0.298 e. The molecule has 1 fully saturated rings. The van der Waals surface area contributed by atoms with Gasteiger partial charge in [-0.05, 0) is 30.3 Å². The standard InChI is InChI=1S/C20H19NO.2C2H6/c1-21-14-18(12-16-8-4-2-5-9-16)20(22)19(15-21)13-17-10-6-3-7-11-17;2*1-2/h2-13H,14-15H2,1H3;2*1-2H3/b18-12+,19-13+;;. The average Bonchev–Trinajstić information content (AvgIpc) is 2.70. The minimum absolute atomic E-state index is 0.158. The van der Waals surface area contributed by atoms with Crippen LogP contribution in [0.3, 0.4) is 0 Å². The second kappa shape index (κ2) is 12.0. The molecular weight excluding hydrogens is 318 g/mol. The van der Waals surface area contributed by atoms with Crippen LogP contribution in [0.25, 0.3) is 12.2 Å². The zero-order valence-electron chi connectivity index (χ0n) is 16.7. The summed E-state index contributed by atoms with van der Waals surface area (Å²) in [5.74, 6) is 0.158. The number of carbonyl (C=O) groups is 1. The highest BCUT2D eigenvalue weighted by Crippen LogP contribution is 2.21. The second-order valence-corrected chi connectivity index (χ2v) is 5.66. The third kappa shape index (κ3) is 6.45. The molecule has 0 atom stereocenters.